The van der Waals surface area contributed by atoms with Crippen LogP contribution in [0, 0.1) is 0 Å². The molecule has 8 nitrogen and oxygen atoms in total. The molecule has 1 fully saturated rings. The van der Waals surface area contributed by atoms with Crippen LogP contribution in [0.25, 0.3) is 11.5 Å². The van der Waals surface area contributed by atoms with Crippen LogP contribution in [0.4, 0.5) is 5.95 Å². The van der Waals surface area contributed by atoms with Gasteiger partial charge in [-0.3, -0.25) is 4.57 Å². The largest absolute Gasteiger partial charge is 0.472 e. The highest BCUT2D eigenvalue weighted by molar-refractivity contribution is 7.98. The summed E-state index contributed by atoms with van der Waals surface area (Å²) < 4.78 is 12.2. The van der Waals surface area contributed by atoms with E-state index in [1.165, 1.54) is 11.8 Å². The van der Waals surface area contributed by atoms with Crippen LogP contribution in [0.1, 0.15) is 24.7 Å². The van der Waals surface area contributed by atoms with E-state index in [9.17, 15) is 0 Å². The van der Waals surface area contributed by atoms with Crippen molar-refractivity contribution in [3.05, 3.63) is 24.4 Å². The summed E-state index contributed by atoms with van der Waals surface area (Å²) in [5.74, 6) is 2.06. The molecule has 3 aromatic rings. The van der Waals surface area contributed by atoms with Crippen molar-refractivity contribution in [2.45, 2.75) is 29.8 Å². The van der Waals surface area contributed by atoms with E-state index >= 15 is 0 Å². The van der Waals surface area contributed by atoms with Gasteiger partial charge in [-0.2, -0.15) is 4.98 Å². The molecule has 3 aromatic heterocycles. The first-order chi connectivity index (χ1) is 10.3. The fourth-order valence-corrected chi connectivity index (χ4v) is 2.86. The molecule has 0 aromatic carbocycles. The molecule has 0 spiro atoms. The maximum Gasteiger partial charge on any atom is 0.261 e. The molecule has 9 heteroatoms. The van der Waals surface area contributed by atoms with E-state index in [0.717, 1.165) is 23.6 Å². The fraction of sp³-hybridized carbons (Fsp3) is 0.333. The summed E-state index contributed by atoms with van der Waals surface area (Å²) in [5.41, 5.74) is 6.60. The van der Waals surface area contributed by atoms with Crippen LogP contribution < -0.4 is 5.73 Å². The van der Waals surface area contributed by atoms with Gasteiger partial charge in [0.25, 0.3) is 5.89 Å². The van der Waals surface area contributed by atoms with Crippen LogP contribution in [-0.2, 0) is 5.75 Å². The molecule has 1 saturated carbocycles. The van der Waals surface area contributed by atoms with Gasteiger partial charge in [0.05, 0.1) is 17.6 Å². The molecule has 1 aliphatic carbocycles. The highest BCUT2D eigenvalue weighted by Crippen LogP contribution is 2.39. The van der Waals surface area contributed by atoms with E-state index in [2.05, 4.69) is 20.3 Å². The van der Waals surface area contributed by atoms with E-state index in [4.69, 9.17) is 14.7 Å². The lowest BCUT2D eigenvalue weighted by Crippen LogP contribution is -2.02. The second kappa shape index (κ2) is 4.92. The maximum atomic E-state index is 5.84. The third-order valence-electron chi connectivity index (χ3n) is 3.17. The zero-order chi connectivity index (χ0) is 14.2. The van der Waals surface area contributed by atoms with Gasteiger partial charge in [-0.05, 0) is 18.9 Å². The van der Waals surface area contributed by atoms with E-state index in [1.807, 2.05) is 4.57 Å². The molecule has 3 heterocycles. The normalized spacial score (nSPS) is 14.7. The summed E-state index contributed by atoms with van der Waals surface area (Å²) in [7, 11) is 0. The Hall–Kier alpha value is -2.29. The van der Waals surface area contributed by atoms with Gasteiger partial charge < -0.3 is 14.7 Å². The molecule has 4 rings (SSSR count). The molecule has 108 valence electrons. The molecular formula is C12H12N6O2S. The summed E-state index contributed by atoms with van der Waals surface area (Å²) in [4.78, 5) is 4.32. The van der Waals surface area contributed by atoms with Gasteiger partial charge in [0, 0.05) is 6.04 Å². The number of hydrogen-bond donors (Lipinski definition) is 1. The molecule has 1 aliphatic rings. The molecular weight excluding hydrogens is 292 g/mol. The minimum Gasteiger partial charge on any atom is -0.472 e. The molecule has 0 bridgehead atoms. The lowest BCUT2D eigenvalue weighted by Gasteiger charge is -2.03. The van der Waals surface area contributed by atoms with Crippen LogP contribution in [0.3, 0.4) is 0 Å². The third kappa shape index (κ3) is 2.40. The van der Waals surface area contributed by atoms with Gasteiger partial charge in [0.15, 0.2) is 11.0 Å². The Bertz CT molecular complexity index is 746. The Labute approximate surface area is 123 Å². The van der Waals surface area contributed by atoms with Crippen LogP contribution >= 0.6 is 11.8 Å². The predicted molar refractivity (Wildman–Crippen MR) is 74.3 cm³/mol. The average molecular weight is 304 g/mol. The van der Waals surface area contributed by atoms with Gasteiger partial charge in [-0.15, -0.1) is 10.2 Å². The number of hydrogen-bond acceptors (Lipinski definition) is 8. The van der Waals surface area contributed by atoms with Crippen LogP contribution in [0.15, 0.2) is 32.7 Å². The molecule has 0 radical (unpaired) electrons. The van der Waals surface area contributed by atoms with Gasteiger partial charge >= 0.3 is 0 Å². The average Bonchev–Trinajstić information content (AvgIpc) is 2.94. The van der Waals surface area contributed by atoms with Crippen molar-refractivity contribution in [3.8, 4) is 11.5 Å². The lowest BCUT2D eigenvalue weighted by atomic mass is 10.3. The highest BCUT2D eigenvalue weighted by atomic mass is 32.2. The Morgan fingerprint density at radius 1 is 1.38 bits per heavy atom. The molecule has 0 atom stereocenters. The van der Waals surface area contributed by atoms with Gasteiger partial charge in [0.2, 0.25) is 5.95 Å². The predicted octanol–water partition coefficient (Wildman–Crippen LogP) is 2.13. The number of rotatable bonds is 5. The summed E-state index contributed by atoms with van der Waals surface area (Å²) >= 11 is 1.50. The topological polar surface area (TPSA) is 109 Å². The number of nitrogens with zero attached hydrogens (tertiary/aromatic N) is 5. The van der Waals surface area contributed by atoms with Gasteiger partial charge in [-0.1, -0.05) is 16.9 Å². The molecule has 0 amide bonds. The number of nitrogens with two attached hydrogens (primary N) is 1. The van der Waals surface area contributed by atoms with E-state index in [1.54, 1.807) is 18.6 Å². The van der Waals surface area contributed by atoms with Crippen LogP contribution in [0.5, 0.6) is 0 Å². The second-order valence-electron chi connectivity index (χ2n) is 4.76. The summed E-state index contributed by atoms with van der Waals surface area (Å²) in [6.45, 7) is 0. The van der Waals surface area contributed by atoms with Crippen molar-refractivity contribution in [1.82, 2.24) is 24.9 Å². The molecule has 0 aliphatic heterocycles. The number of anilines is 1. The Morgan fingerprint density at radius 3 is 3.05 bits per heavy atom. The minimum absolute atomic E-state index is 0.439. The first-order valence-electron chi connectivity index (χ1n) is 6.49. The Balaban J connectivity index is 1.48. The number of thioether (sulfide) groups is 1. The third-order valence-corrected chi connectivity index (χ3v) is 4.11. The molecule has 2 N–H and O–H groups in total. The van der Waals surface area contributed by atoms with Crippen molar-refractivity contribution in [1.29, 1.82) is 0 Å². The van der Waals surface area contributed by atoms with Crippen molar-refractivity contribution >= 4 is 17.7 Å². The van der Waals surface area contributed by atoms with Gasteiger partial charge in [-0.25, -0.2) is 0 Å². The van der Waals surface area contributed by atoms with E-state index < -0.39 is 0 Å². The van der Waals surface area contributed by atoms with E-state index in [0.29, 0.717) is 29.5 Å². The lowest BCUT2D eigenvalue weighted by molar-refractivity contribution is 0.424. The maximum absolute atomic E-state index is 5.84. The molecule has 0 unspecified atom stereocenters. The Kier molecular flexibility index (Phi) is 2.92. The summed E-state index contributed by atoms with van der Waals surface area (Å²) in [6, 6.07) is 2.21. The Morgan fingerprint density at radius 2 is 2.29 bits per heavy atom. The first-order valence-corrected chi connectivity index (χ1v) is 7.48. The quantitative estimate of drug-likeness (QED) is 0.714. The van der Waals surface area contributed by atoms with Crippen LogP contribution in [0.2, 0.25) is 0 Å². The number of aromatic nitrogens is 5. The summed E-state index contributed by atoms with van der Waals surface area (Å²) in [6.07, 6.45) is 5.38. The van der Waals surface area contributed by atoms with Gasteiger partial charge in [0.1, 0.15) is 6.26 Å². The van der Waals surface area contributed by atoms with Crippen molar-refractivity contribution in [2.24, 2.45) is 0 Å². The van der Waals surface area contributed by atoms with Crippen molar-refractivity contribution < 1.29 is 8.94 Å². The van der Waals surface area contributed by atoms with Crippen molar-refractivity contribution in [2.75, 3.05) is 5.73 Å². The molecule has 21 heavy (non-hydrogen) atoms. The van der Waals surface area contributed by atoms with E-state index in [-0.39, 0.29) is 0 Å². The first kappa shape index (κ1) is 12.5. The van der Waals surface area contributed by atoms with Crippen LogP contribution in [-0.4, -0.2) is 24.9 Å². The SMILES string of the molecule is Nc1nnc(SCc2noc(-c3ccoc3)n2)n1C1CC1. The zero-order valence-corrected chi connectivity index (χ0v) is 11.8. The second-order valence-corrected chi connectivity index (χ2v) is 5.70. The monoisotopic (exact) mass is 304 g/mol. The summed E-state index contributed by atoms with van der Waals surface area (Å²) in [5, 5.41) is 12.8. The molecule has 0 saturated heterocycles. The zero-order valence-electron chi connectivity index (χ0n) is 11.0. The van der Waals surface area contributed by atoms with Crippen molar-refractivity contribution in [3.63, 3.8) is 0 Å². The highest BCUT2D eigenvalue weighted by Gasteiger charge is 2.29. The number of furan rings is 1. The minimum atomic E-state index is 0.439. The standard InChI is InChI=1S/C12H12N6O2S/c13-11-15-16-12(18(11)8-1-2-8)21-6-9-14-10(20-17-9)7-3-4-19-5-7/h3-5,8H,1-2,6H2,(H2,13,15). The smallest absolute Gasteiger partial charge is 0.261 e. The fourth-order valence-electron chi connectivity index (χ4n) is 2.01. The number of nitrogen functional groups attached to an aromatic ring is 1.